The lowest BCUT2D eigenvalue weighted by Crippen LogP contribution is -2.75. The van der Waals surface area contributed by atoms with Crippen LogP contribution >= 0.6 is 0 Å². The van der Waals surface area contributed by atoms with Gasteiger partial charge in [0.15, 0.2) is 0 Å². The molecule has 0 radical (unpaired) electrons. The molecule has 0 N–H and O–H groups in total. The van der Waals surface area contributed by atoms with Gasteiger partial charge in [0.2, 0.25) is 0 Å². The maximum Gasteiger partial charge on any atom is 0.460 e. The summed E-state index contributed by atoms with van der Waals surface area (Å²) in [6.07, 6.45) is 2.11. The Balaban J connectivity index is 1.74. The van der Waals surface area contributed by atoms with Crippen molar-refractivity contribution >= 4 is 0 Å². The van der Waals surface area contributed by atoms with Crippen molar-refractivity contribution in [3.63, 3.8) is 0 Å². The molecule has 2 aliphatic rings. The molecule has 2 saturated carbocycles. The van der Waals surface area contributed by atoms with Crippen LogP contribution in [0, 0.1) is 23.7 Å². The molecule has 3 rings (SSSR count). The van der Waals surface area contributed by atoms with Gasteiger partial charge in [-0.05, 0) is 67.8 Å². The molecule has 2 fully saturated rings. The predicted molar refractivity (Wildman–Crippen MR) is 141 cm³/mol. The number of hydrogen-bond acceptors (Lipinski definition) is 0. The minimum Gasteiger partial charge on any atom is -0.194 e. The first-order valence-electron chi connectivity index (χ1n) is 15.6. The van der Waals surface area contributed by atoms with Crippen molar-refractivity contribution in [1.82, 2.24) is 0 Å². The molecule has 50 heavy (non-hydrogen) atoms. The van der Waals surface area contributed by atoms with Crippen LogP contribution in [-0.2, 0) is 12.3 Å². The number of rotatable bonds is 13. The fourth-order valence-corrected chi connectivity index (χ4v) is 6.81. The van der Waals surface area contributed by atoms with Gasteiger partial charge < -0.3 is 0 Å². The van der Waals surface area contributed by atoms with E-state index in [0.29, 0.717) is 30.4 Å². The molecule has 0 amide bonds. The first kappa shape index (κ1) is 42.3. The Kier molecular flexibility index (Phi) is 11.6. The molecule has 19 heteroatoms. The fraction of sp³-hybridized carbons (Fsp3) is 0.806. The lowest BCUT2D eigenvalue weighted by molar-refractivity contribution is -0.469. The lowest BCUT2D eigenvalue weighted by Gasteiger charge is -2.43. The third-order valence-electron chi connectivity index (χ3n) is 10.3. The maximum absolute atomic E-state index is 14.7. The quantitative estimate of drug-likeness (QED) is 0.175. The second-order valence-corrected chi connectivity index (χ2v) is 13.3. The Labute approximate surface area is 274 Å². The van der Waals surface area contributed by atoms with E-state index in [1.165, 1.54) is 12.8 Å². The molecule has 0 bridgehead atoms. The summed E-state index contributed by atoms with van der Waals surface area (Å²) in [5, 5.41) is 0. The number of hydrogen-bond donors (Lipinski definition) is 0. The summed E-state index contributed by atoms with van der Waals surface area (Å²) in [5.74, 6) is -64.5. The summed E-state index contributed by atoms with van der Waals surface area (Å²) < 4.78 is 259. The topological polar surface area (TPSA) is 0 Å². The highest BCUT2D eigenvalue weighted by molar-refractivity contribution is 5.30. The molecular weight excluding hydrogens is 733 g/mol. The Hall–Kier alpha value is -2.11. The van der Waals surface area contributed by atoms with Crippen LogP contribution in [0.3, 0.4) is 0 Å². The molecule has 0 aromatic heterocycles. The first-order chi connectivity index (χ1) is 22.5. The Morgan fingerprint density at radius 2 is 0.780 bits per heavy atom. The van der Waals surface area contributed by atoms with Crippen molar-refractivity contribution in [2.75, 3.05) is 0 Å². The van der Waals surface area contributed by atoms with Gasteiger partial charge in [0, 0.05) is 5.56 Å². The van der Waals surface area contributed by atoms with Crippen LogP contribution in [0.25, 0.3) is 0 Å². The second kappa shape index (κ2) is 13.7. The molecule has 0 nitrogen and oxygen atoms in total. The minimum atomic E-state index is -8.92. The molecule has 0 saturated heterocycles. The summed E-state index contributed by atoms with van der Waals surface area (Å²) >= 11 is 0. The highest BCUT2D eigenvalue weighted by Gasteiger charge is 2.96. The van der Waals surface area contributed by atoms with Gasteiger partial charge in [-0.2, -0.15) is 83.4 Å². The number of aryl methyl sites for hydroxylation is 1. The van der Waals surface area contributed by atoms with Crippen LogP contribution < -0.4 is 0 Å². The van der Waals surface area contributed by atoms with E-state index in [0.717, 1.165) is 50.9 Å². The summed E-state index contributed by atoms with van der Waals surface area (Å²) in [6.45, 7) is 2.15. The van der Waals surface area contributed by atoms with Gasteiger partial charge in [-0.3, -0.25) is 0 Å². The summed E-state index contributed by atoms with van der Waals surface area (Å²) in [7, 11) is 0. The zero-order chi connectivity index (χ0) is 38.6. The standard InChI is InChI=1S/C31H33F19/c1-2-17-5-11-20(12-6-17)21-13-7-18(8-14-21)3-4-19-9-15-22(16-10-19)23(32,33)24(34,35)25(36,37)26(38,39)27(40,41)28(42,43)29(44,45)30(46,47)31(48,49)50/h9-10,15-18,20-21H,2-8,11-14H2,1H3. The average molecular weight is 767 g/mol. The first-order valence-corrected chi connectivity index (χ1v) is 15.6. The Morgan fingerprint density at radius 3 is 1.14 bits per heavy atom. The van der Waals surface area contributed by atoms with Crippen LogP contribution in [0.4, 0.5) is 83.4 Å². The lowest BCUT2D eigenvalue weighted by atomic mass is 9.68. The second-order valence-electron chi connectivity index (χ2n) is 13.3. The van der Waals surface area contributed by atoms with Crippen molar-refractivity contribution in [2.45, 2.75) is 131 Å². The molecule has 2 aliphatic carbocycles. The zero-order valence-electron chi connectivity index (χ0n) is 26.1. The fourth-order valence-electron chi connectivity index (χ4n) is 6.81. The molecule has 1 aromatic carbocycles. The van der Waals surface area contributed by atoms with Crippen LogP contribution in [-0.4, -0.2) is 47.6 Å². The largest absolute Gasteiger partial charge is 0.460 e. The van der Waals surface area contributed by atoms with Gasteiger partial charge in [0.1, 0.15) is 0 Å². The number of alkyl halides is 19. The van der Waals surface area contributed by atoms with Gasteiger partial charge in [-0.15, -0.1) is 0 Å². The third-order valence-corrected chi connectivity index (χ3v) is 10.3. The molecule has 0 heterocycles. The van der Waals surface area contributed by atoms with Crippen LogP contribution in [0.15, 0.2) is 24.3 Å². The van der Waals surface area contributed by atoms with E-state index in [1.807, 2.05) is 0 Å². The average Bonchev–Trinajstić information content (AvgIpc) is 3.03. The molecular formula is C31H33F19. The number of benzene rings is 1. The molecule has 0 atom stereocenters. The summed E-state index contributed by atoms with van der Waals surface area (Å²) in [5.41, 5.74) is -2.10. The number of halogens is 19. The van der Waals surface area contributed by atoms with Crippen LogP contribution in [0.1, 0.15) is 82.3 Å². The van der Waals surface area contributed by atoms with Crippen molar-refractivity contribution < 1.29 is 83.4 Å². The van der Waals surface area contributed by atoms with Crippen molar-refractivity contribution in [1.29, 1.82) is 0 Å². The molecule has 0 aliphatic heterocycles. The molecule has 290 valence electrons. The normalized spacial score (nSPS) is 24.4. The van der Waals surface area contributed by atoms with Gasteiger partial charge in [0.25, 0.3) is 0 Å². The van der Waals surface area contributed by atoms with E-state index < -0.39 is 59.1 Å². The van der Waals surface area contributed by atoms with Gasteiger partial charge >= 0.3 is 53.6 Å². The maximum atomic E-state index is 14.7. The zero-order valence-corrected chi connectivity index (χ0v) is 26.1. The predicted octanol–water partition coefficient (Wildman–Crippen LogP) is 12.7. The van der Waals surface area contributed by atoms with E-state index in [1.54, 1.807) is 0 Å². The van der Waals surface area contributed by atoms with E-state index >= 15 is 0 Å². The van der Waals surface area contributed by atoms with Crippen molar-refractivity contribution in [2.24, 2.45) is 23.7 Å². The molecule has 1 aromatic rings. The highest BCUT2D eigenvalue weighted by Crippen LogP contribution is 2.66. The van der Waals surface area contributed by atoms with E-state index in [9.17, 15) is 83.4 Å². The van der Waals surface area contributed by atoms with Crippen LogP contribution in [0.5, 0.6) is 0 Å². The monoisotopic (exact) mass is 766 g/mol. The molecule has 0 spiro atoms. The smallest absolute Gasteiger partial charge is 0.194 e. The molecule has 0 unspecified atom stereocenters. The van der Waals surface area contributed by atoms with Gasteiger partial charge in [-0.25, -0.2) is 0 Å². The third kappa shape index (κ3) is 6.77. The Morgan fingerprint density at radius 1 is 0.440 bits per heavy atom. The van der Waals surface area contributed by atoms with Gasteiger partial charge in [0.05, 0.1) is 0 Å². The minimum absolute atomic E-state index is 0.00575. The van der Waals surface area contributed by atoms with Crippen LogP contribution in [0.2, 0.25) is 0 Å². The van der Waals surface area contributed by atoms with Crippen molar-refractivity contribution in [3.05, 3.63) is 35.4 Å². The van der Waals surface area contributed by atoms with E-state index in [-0.39, 0.29) is 30.0 Å². The summed E-state index contributed by atoms with van der Waals surface area (Å²) in [4.78, 5) is 0. The SMILES string of the molecule is CCC1CCC(C2CCC(CCc3ccc(C(F)(F)C(F)(F)C(F)(F)C(F)(F)C(F)(F)C(F)(F)C(F)(F)C(F)(F)C(F)(F)F)cc3)CC2)CC1. The van der Waals surface area contributed by atoms with Gasteiger partial charge in [-0.1, -0.05) is 63.3 Å². The summed E-state index contributed by atoms with van der Waals surface area (Å²) in [6, 6.07) is 1.36. The van der Waals surface area contributed by atoms with E-state index in [4.69, 9.17) is 0 Å². The van der Waals surface area contributed by atoms with E-state index in [2.05, 4.69) is 6.92 Å². The Bertz CT molecular complexity index is 1270. The van der Waals surface area contributed by atoms with Crippen molar-refractivity contribution in [3.8, 4) is 0 Å². The highest BCUT2D eigenvalue weighted by atomic mass is 19.4.